The molecular weight excluding hydrogens is 373 g/mol. The Balaban J connectivity index is 0.00000180. The maximum absolute atomic E-state index is 12.6. The minimum atomic E-state index is 0. The molecule has 1 aliphatic heterocycles. The summed E-state index contributed by atoms with van der Waals surface area (Å²) in [4.78, 5) is 15.0. The van der Waals surface area contributed by atoms with Crippen molar-refractivity contribution >= 4 is 40.8 Å². The largest absolute Gasteiger partial charge is 0.293 e. The first kappa shape index (κ1) is 16.9. The molecule has 19 heavy (non-hydrogen) atoms. The maximum atomic E-state index is 12.6. The fourth-order valence-electron chi connectivity index (χ4n) is 2.64. The van der Waals surface area contributed by atoms with Crippen molar-refractivity contribution in [1.29, 1.82) is 0 Å². The Labute approximate surface area is 135 Å². The molecule has 106 valence electrons. The van der Waals surface area contributed by atoms with Gasteiger partial charge in [-0.1, -0.05) is 25.5 Å². The number of carbonyl (C=O) groups excluding carboxylic acids is 1. The van der Waals surface area contributed by atoms with Gasteiger partial charge in [-0.25, -0.2) is 0 Å². The van der Waals surface area contributed by atoms with Gasteiger partial charge in [0.15, 0.2) is 5.78 Å². The van der Waals surface area contributed by atoms with E-state index in [2.05, 4.69) is 34.4 Å². The molecule has 0 aliphatic carbocycles. The van der Waals surface area contributed by atoms with Crippen molar-refractivity contribution in [2.45, 2.75) is 38.6 Å². The predicted molar refractivity (Wildman–Crippen MR) is 90.2 cm³/mol. The summed E-state index contributed by atoms with van der Waals surface area (Å²) in [5, 5.41) is 0. The zero-order valence-electron chi connectivity index (χ0n) is 11.3. The van der Waals surface area contributed by atoms with Crippen molar-refractivity contribution in [2.75, 3.05) is 13.1 Å². The van der Waals surface area contributed by atoms with Crippen molar-refractivity contribution in [3.63, 3.8) is 0 Å². The number of likely N-dealkylation sites (tertiary alicyclic amines) is 1. The van der Waals surface area contributed by atoms with Crippen LogP contribution in [0.15, 0.2) is 24.3 Å². The average Bonchev–Trinajstić information content (AvgIpc) is 2.89. The Hall–Kier alpha value is -0.130. The van der Waals surface area contributed by atoms with Gasteiger partial charge in [0, 0.05) is 9.13 Å². The van der Waals surface area contributed by atoms with E-state index < -0.39 is 0 Å². The monoisotopic (exact) mass is 393 g/mol. The number of benzene rings is 1. The summed E-state index contributed by atoms with van der Waals surface area (Å²) in [5.74, 6) is 0.303. The van der Waals surface area contributed by atoms with Gasteiger partial charge in [-0.3, -0.25) is 9.69 Å². The molecule has 4 heteroatoms. The minimum absolute atomic E-state index is 0. The Morgan fingerprint density at radius 2 is 2.05 bits per heavy atom. The number of rotatable bonds is 5. The van der Waals surface area contributed by atoms with Crippen LogP contribution < -0.4 is 0 Å². The zero-order chi connectivity index (χ0) is 13.0. The van der Waals surface area contributed by atoms with E-state index in [-0.39, 0.29) is 18.4 Å². The molecule has 1 heterocycles. The van der Waals surface area contributed by atoms with Crippen LogP contribution in [0.25, 0.3) is 0 Å². The second kappa shape index (κ2) is 8.22. The van der Waals surface area contributed by atoms with Gasteiger partial charge in [-0.15, -0.1) is 12.4 Å². The van der Waals surface area contributed by atoms with Crippen LogP contribution in [0.2, 0.25) is 0 Å². The number of carbonyl (C=O) groups is 1. The third-order valence-electron chi connectivity index (χ3n) is 3.56. The van der Waals surface area contributed by atoms with Crippen LogP contribution in [-0.4, -0.2) is 29.8 Å². The summed E-state index contributed by atoms with van der Waals surface area (Å²) in [6.07, 6.45) is 4.51. The maximum Gasteiger partial charge on any atom is 0.179 e. The highest BCUT2D eigenvalue weighted by atomic mass is 127. The van der Waals surface area contributed by atoms with E-state index >= 15 is 0 Å². The molecule has 1 saturated heterocycles. The van der Waals surface area contributed by atoms with E-state index in [0.717, 1.165) is 35.1 Å². The van der Waals surface area contributed by atoms with Crippen molar-refractivity contribution in [1.82, 2.24) is 4.90 Å². The first-order chi connectivity index (χ1) is 8.72. The highest BCUT2D eigenvalue weighted by Gasteiger charge is 2.27. The number of Topliss-reactive ketones (excluding diaryl/α,β-unsaturated/α-hetero) is 1. The van der Waals surface area contributed by atoms with Crippen LogP contribution in [-0.2, 0) is 0 Å². The molecule has 0 amide bonds. The van der Waals surface area contributed by atoms with E-state index in [1.807, 2.05) is 24.3 Å². The number of hydrogen-bond donors (Lipinski definition) is 0. The summed E-state index contributed by atoms with van der Waals surface area (Å²) >= 11 is 2.27. The van der Waals surface area contributed by atoms with Gasteiger partial charge in [-0.05, 0) is 67.1 Å². The molecule has 0 N–H and O–H groups in total. The smallest absolute Gasteiger partial charge is 0.179 e. The minimum Gasteiger partial charge on any atom is -0.293 e. The van der Waals surface area contributed by atoms with Crippen LogP contribution >= 0.6 is 35.0 Å². The highest BCUT2D eigenvalue weighted by Crippen LogP contribution is 2.20. The SMILES string of the molecule is CCCC(C(=O)c1cccc(I)c1)N1CCCC1.Cl. The summed E-state index contributed by atoms with van der Waals surface area (Å²) in [7, 11) is 0. The predicted octanol–water partition coefficient (Wildman–Crippen LogP) is 4.16. The Kier molecular flexibility index (Phi) is 7.32. The van der Waals surface area contributed by atoms with Gasteiger partial charge < -0.3 is 0 Å². The number of hydrogen-bond acceptors (Lipinski definition) is 2. The molecule has 2 nitrogen and oxygen atoms in total. The van der Waals surface area contributed by atoms with Crippen molar-refractivity contribution < 1.29 is 4.79 Å². The number of halogens is 2. The van der Waals surface area contributed by atoms with Crippen LogP contribution in [0, 0.1) is 3.57 Å². The highest BCUT2D eigenvalue weighted by molar-refractivity contribution is 14.1. The zero-order valence-corrected chi connectivity index (χ0v) is 14.2. The normalized spacial score (nSPS) is 16.9. The fourth-order valence-corrected chi connectivity index (χ4v) is 3.18. The van der Waals surface area contributed by atoms with Gasteiger partial charge in [0.25, 0.3) is 0 Å². The van der Waals surface area contributed by atoms with Gasteiger partial charge in [0.05, 0.1) is 6.04 Å². The Morgan fingerprint density at radius 1 is 1.37 bits per heavy atom. The molecule has 0 aromatic heterocycles. The Bertz CT molecular complexity index is 418. The van der Waals surface area contributed by atoms with Crippen LogP contribution in [0.3, 0.4) is 0 Å². The van der Waals surface area contributed by atoms with Crippen molar-refractivity contribution in [3.8, 4) is 0 Å². The van der Waals surface area contributed by atoms with Gasteiger partial charge >= 0.3 is 0 Å². The molecular formula is C15H21ClINO. The van der Waals surface area contributed by atoms with E-state index in [4.69, 9.17) is 0 Å². The second-order valence-corrected chi connectivity index (χ2v) is 6.17. The molecule has 2 rings (SSSR count). The molecule has 1 aromatic carbocycles. The van der Waals surface area contributed by atoms with E-state index in [0.29, 0.717) is 5.78 Å². The van der Waals surface area contributed by atoms with Crippen LogP contribution in [0.4, 0.5) is 0 Å². The molecule has 0 spiro atoms. The van der Waals surface area contributed by atoms with Gasteiger partial charge in [0.1, 0.15) is 0 Å². The quantitative estimate of drug-likeness (QED) is 0.553. The first-order valence-corrected chi connectivity index (χ1v) is 7.84. The molecule has 1 atom stereocenters. The Morgan fingerprint density at radius 3 is 2.63 bits per heavy atom. The molecule has 1 fully saturated rings. The number of ketones is 1. The molecule has 0 radical (unpaired) electrons. The average molecular weight is 394 g/mol. The summed E-state index contributed by atoms with van der Waals surface area (Å²) in [6, 6.07) is 8.05. The van der Waals surface area contributed by atoms with E-state index in [1.165, 1.54) is 12.8 Å². The van der Waals surface area contributed by atoms with E-state index in [9.17, 15) is 4.79 Å². The molecule has 1 unspecified atom stereocenters. The topological polar surface area (TPSA) is 20.3 Å². The van der Waals surface area contributed by atoms with Crippen LogP contribution in [0.5, 0.6) is 0 Å². The third-order valence-corrected chi connectivity index (χ3v) is 4.23. The summed E-state index contributed by atoms with van der Waals surface area (Å²) < 4.78 is 1.13. The summed E-state index contributed by atoms with van der Waals surface area (Å²) in [6.45, 7) is 4.33. The van der Waals surface area contributed by atoms with Gasteiger partial charge in [-0.2, -0.15) is 0 Å². The summed E-state index contributed by atoms with van der Waals surface area (Å²) in [5.41, 5.74) is 0.868. The lowest BCUT2D eigenvalue weighted by atomic mass is 9.99. The number of nitrogens with zero attached hydrogens (tertiary/aromatic N) is 1. The van der Waals surface area contributed by atoms with Crippen LogP contribution in [0.1, 0.15) is 43.0 Å². The fraction of sp³-hybridized carbons (Fsp3) is 0.533. The molecule has 0 saturated carbocycles. The molecule has 1 aliphatic rings. The standard InChI is InChI=1S/C15H20INO.ClH/c1-2-6-14(17-9-3-4-10-17)15(18)12-7-5-8-13(16)11-12;/h5,7-8,11,14H,2-4,6,9-10H2,1H3;1H. The lowest BCUT2D eigenvalue weighted by molar-refractivity contribution is 0.0837. The first-order valence-electron chi connectivity index (χ1n) is 6.76. The molecule has 1 aromatic rings. The van der Waals surface area contributed by atoms with Crippen molar-refractivity contribution in [3.05, 3.63) is 33.4 Å². The molecule has 0 bridgehead atoms. The second-order valence-electron chi connectivity index (χ2n) is 4.92. The van der Waals surface area contributed by atoms with Gasteiger partial charge in [0.2, 0.25) is 0 Å². The third kappa shape index (κ3) is 4.43. The lowest BCUT2D eigenvalue weighted by Gasteiger charge is -2.26. The van der Waals surface area contributed by atoms with Crippen molar-refractivity contribution in [2.24, 2.45) is 0 Å². The lowest BCUT2D eigenvalue weighted by Crippen LogP contribution is -2.39. The van der Waals surface area contributed by atoms with E-state index in [1.54, 1.807) is 0 Å².